The Balaban J connectivity index is 1.89. The van der Waals surface area contributed by atoms with E-state index in [0.717, 1.165) is 12.5 Å². The highest BCUT2D eigenvalue weighted by Gasteiger charge is 2.19. The normalized spacial score (nSPS) is 22.3. The summed E-state index contributed by atoms with van der Waals surface area (Å²) in [6, 6.07) is 7.29. The Morgan fingerprint density at radius 3 is 2.50 bits per heavy atom. The van der Waals surface area contributed by atoms with Crippen molar-refractivity contribution in [2.75, 3.05) is 26.7 Å². The minimum Gasteiger partial charge on any atom is -0.310 e. The molecule has 1 aliphatic rings. The summed E-state index contributed by atoms with van der Waals surface area (Å²) >= 11 is 0. The van der Waals surface area contributed by atoms with Crippen LogP contribution in [0.1, 0.15) is 36.1 Å². The van der Waals surface area contributed by atoms with Gasteiger partial charge in [-0.15, -0.1) is 0 Å². The fourth-order valence-electron chi connectivity index (χ4n) is 2.91. The number of hydrogen-bond donors (Lipinski definition) is 1. The number of nitrogens with zero attached hydrogens (tertiary/aromatic N) is 1. The molecule has 2 heteroatoms. The lowest BCUT2D eigenvalue weighted by Gasteiger charge is -2.18. The molecule has 1 N–H and O–H groups in total. The zero-order valence-corrected chi connectivity index (χ0v) is 12.2. The molecule has 0 spiro atoms. The van der Waals surface area contributed by atoms with Crippen LogP contribution in [0.25, 0.3) is 0 Å². The van der Waals surface area contributed by atoms with Gasteiger partial charge in [-0.3, -0.25) is 0 Å². The van der Waals surface area contributed by atoms with E-state index in [1.807, 2.05) is 0 Å². The van der Waals surface area contributed by atoms with Gasteiger partial charge in [0.1, 0.15) is 0 Å². The van der Waals surface area contributed by atoms with Crippen molar-refractivity contribution < 1.29 is 0 Å². The molecule has 0 aliphatic carbocycles. The highest BCUT2D eigenvalue weighted by molar-refractivity contribution is 5.30. The Morgan fingerprint density at radius 1 is 1.28 bits per heavy atom. The molecule has 1 fully saturated rings. The van der Waals surface area contributed by atoms with Crippen molar-refractivity contribution in [1.82, 2.24) is 10.2 Å². The molecule has 1 heterocycles. The second-order valence-electron chi connectivity index (χ2n) is 5.97. The number of rotatable bonds is 4. The summed E-state index contributed by atoms with van der Waals surface area (Å²) in [5.41, 5.74) is 4.14. The van der Waals surface area contributed by atoms with Crippen molar-refractivity contribution >= 4 is 0 Å². The van der Waals surface area contributed by atoms with Gasteiger partial charge in [0.05, 0.1) is 0 Å². The van der Waals surface area contributed by atoms with Crippen molar-refractivity contribution in [3.8, 4) is 0 Å². The summed E-state index contributed by atoms with van der Waals surface area (Å²) < 4.78 is 0. The van der Waals surface area contributed by atoms with Gasteiger partial charge in [0.25, 0.3) is 0 Å². The molecule has 1 saturated heterocycles. The Bertz CT molecular complexity index is 380. The minimum atomic E-state index is 0.453. The number of aryl methyl sites for hydroxylation is 2. The minimum absolute atomic E-state index is 0.453. The van der Waals surface area contributed by atoms with E-state index in [1.54, 1.807) is 0 Å². The van der Waals surface area contributed by atoms with Crippen LogP contribution in [0.15, 0.2) is 18.2 Å². The molecule has 1 aliphatic heterocycles. The monoisotopic (exact) mass is 246 g/mol. The smallest absolute Gasteiger partial charge is 0.0292 e. The third-order valence-electron chi connectivity index (χ3n) is 3.95. The van der Waals surface area contributed by atoms with E-state index in [0.29, 0.717) is 6.04 Å². The topological polar surface area (TPSA) is 15.3 Å². The number of hydrogen-bond acceptors (Lipinski definition) is 2. The first-order valence-electron chi connectivity index (χ1n) is 7.04. The van der Waals surface area contributed by atoms with Crippen molar-refractivity contribution in [3.63, 3.8) is 0 Å². The average Bonchev–Trinajstić information content (AvgIpc) is 2.70. The van der Waals surface area contributed by atoms with Gasteiger partial charge in [0, 0.05) is 12.6 Å². The molecule has 2 nitrogen and oxygen atoms in total. The average molecular weight is 246 g/mol. The van der Waals surface area contributed by atoms with Gasteiger partial charge in [-0.25, -0.2) is 0 Å². The third-order valence-corrected chi connectivity index (χ3v) is 3.95. The van der Waals surface area contributed by atoms with Crippen molar-refractivity contribution in [2.24, 2.45) is 5.92 Å². The molecule has 0 bridgehead atoms. The van der Waals surface area contributed by atoms with E-state index in [9.17, 15) is 0 Å². The van der Waals surface area contributed by atoms with Crippen molar-refractivity contribution in [1.29, 1.82) is 0 Å². The van der Waals surface area contributed by atoms with Crippen LogP contribution in [-0.4, -0.2) is 31.6 Å². The molecule has 0 amide bonds. The summed E-state index contributed by atoms with van der Waals surface area (Å²) in [4.78, 5) is 2.42. The standard InChI is InChI=1S/C16H26N2/c1-12-7-13(2)9-16(8-12)14(3)17-10-15-5-6-18(4)11-15/h7-9,14-15,17H,5-6,10-11H2,1-4H3. The Labute approximate surface area is 111 Å². The lowest BCUT2D eigenvalue weighted by atomic mass is 10.0. The van der Waals surface area contributed by atoms with Gasteiger partial charge in [0.2, 0.25) is 0 Å². The first kappa shape index (κ1) is 13.6. The number of likely N-dealkylation sites (tertiary alicyclic amines) is 1. The molecule has 2 unspecified atom stereocenters. The van der Waals surface area contributed by atoms with Crippen molar-refractivity contribution in [2.45, 2.75) is 33.2 Å². The summed E-state index contributed by atoms with van der Waals surface area (Å²) in [7, 11) is 2.22. The van der Waals surface area contributed by atoms with E-state index in [-0.39, 0.29) is 0 Å². The second-order valence-corrected chi connectivity index (χ2v) is 5.97. The molecule has 0 radical (unpaired) electrons. The lowest BCUT2D eigenvalue weighted by Crippen LogP contribution is -2.27. The molecule has 1 aromatic carbocycles. The third kappa shape index (κ3) is 3.56. The molecular weight excluding hydrogens is 220 g/mol. The van der Waals surface area contributed by atoms with E-state index in [1.165, 1.54) is 36.2 Å². The maximum absolute atomic E-state index is 3.69. The summed E-state index contributed by atoms with van der Waals surface area (Å²) in [6.07, 6.45) is 1.34. The van der Waals surface area contributed by atoms with Crippen LogP contribution in [0.2, 0.25) is 0 Å². The quantitative estimate of drug-likeness (QED) is 0.879. The number of benzene rings is 1. The lowest BCUT2D eigenvalue weighted by molar-refractivity contribution is 0.382. The zero-order valence-electron chi connectivity index (χ0n) is 12.2. The largest absolute Gasteiger partial charge is 0.310 e. The Hall–Kier alpha value is -0.860. The molecular formula is C16H26N2. The van der Waals surface area contributed by atoms with E-state index in [2.05, 4.69) is 56.2 Å². The molecule has 2 atom stereocenters. The van der Waals surface area contributed by atoms with E-state index >= 15 is 0 Å². The fraction of sp³-hybridized carbons (Fsp3) is 0.625. The van der Waals surface area contributed by atoms with Gasteiger partial charge < -0.3 is 10.2 Å². The van der Waals surface area contributed by atoms with Crippen LogP contribution >= 0.6 is 0 Å². The van der Waals surface area contributed by atoms with Crippen LogP contribution in [0.4, 0.5) is 0 Å². The van der Waals surface area contributed by atoms with Gasteiger partial charge in [-0.1, -0.05) is 29.3 Å². The van der Waals surface area contributed by atoms with Crippen LogP contribution in [-0.2, 0) is 0 Å². The molecule has 100 valence electrons. The summed E-state index contributed by atoms with van der Waals surface area (Å²) in [6.45, 7) is 10.3. The molecule has 0 saturated carbocycles. The maximum atomic E-state index is 3.69. The highest BCUT2D eigenvalue weighted by Crippen LogP contribution is 2.18. The van der Waals surface area contributed by atoms with Crippen LogP contribution in [0.5, 0.6) is 0 Å². The summed E-state index contributed by atoms with van der Waals surface area (Å²) in [5, 5.41) is 3.69. The zero-order chi connectivity index (χ0) is 13.1. The van der Waals surface area contributed by atoms with E-state index in [4.69, 9.17) is 0 Å². The Morgan fingerprint density at radius 2 is 1.94 bits per heavy atom. The predicted molar refractivity (Wildman–Crippen MR) is 77.9 cm³/mol. The number of nitrogens with one attached hydrogen (secondary N) is 1. The molecule has 1 aromatic rings. The van der Waals surface area contributed by atoms with Gasteiger partial charge in [0.15, 0.2) is 0 Å². The Kier molecular flexibility index (Phi) is 4.41. The van der Waals surface area contributed by atoms with Crippen LogP contribution in [0, 0.1) is 19.8 Å². The first-order chi connectivity index (χ1) is 8.54. The first-order valence-corrected chi connectivity index (χ1v) is 7.04. The molecule has 18 heavy (non-hydrogen) atoms. The second kappa shape index (κ2) is 5.85. The highest BCUT2D eigenvalue weighted by atomic mass is 15.1. The summed E-state index contributed by atoms with van der Waals surface area (Å²) in [5.74, 6) is 0.823. The molecule has 0 aromatic heterocycles. The predicted octanol–water partition coefficient (Wildman–Crippen LogP) is 2.91. The van der Waals surface area contributed by atoms with E-state index < -0.39 is 0 Å². The van der Waals surface area contributed by atoms with Crippen LogP contribution in [0.3, 0.4) is 0 Å². The van der Waals surface area contributed by atoms with Gasteiger partial charge in [-0.2, -0.15) is 0 Å². The van der Waals surface area contributed by atoms with Crippen molar-refractivity contribution in [3.05, 3.63) is 34.9 Å². The van der Waals surface area contributed by atoms with Gasteiger partial charge in [-0.05, 0) is 58.8 Å². The SMILES string of the molecule is Cc1cc(C)cc(C(C)NCC2CCN(C)C2)c1. The van der Waals surface area contributed by atoms with Crippen LogP contribution < -0.4 is 5.32 Å². The maximum Gasteiger partial charge on any atom is 0.0292 e. The van der Waals surface area contributed by atoms with Gasteiger partial charge >= 0.3 is 0 Å². The molecule has 2 rings (SSSR count). The fourth-order valence-corrected chi connectivity index (χ4v) is 2.91.